The third kappa shape index (κ3) is 3.56. The minimum atomic E-state index is 0.276. The lowest BCUT2D eigenvalue weighted by molar-refractivity contribution is 0.422. The quantitative estimate of drug-likeness (QED) is 0.845. The van der Waals surface area contributed by atoms with E-state index in [0.717, 1.165) is 22.9 Å². The second-order valence-electron chi connectivity index (χ2n) is 5.52. The smallest absolute Gasteiger partial charge is 0.0444 e. The second-order valence-corrected chi connectivity index (χ2v) is 6.37. The Morgan fingerprint density at radius 1 is 1.44 bits per heavy atom. The summed E-state index contributed by atoms with van der Waals surface area (Å²) in [5.74, 6) is 1.72. The van der Waals surface area contributed by atoms with Crippen LogP contribution >= 0.6 is 15.9 Å². The molecule has 0 aromatic heterocycles. The molecule has 3 heteroatoms. The van der Waals surface area contributed by atoms with E-state index in [4.69, 9.17) is 5.73 Å². The maximum atomic E-state index is 5.90. The number of hydrogen-bond donors (Lipinski definition) is 2. The van der Waals surface area contributed by atoms with Crippen LogP contribution in [0.3, 0.4) is 0 Å². The first-order chi connectivity index (χ1) is 8.61. The van der Waals surface area contributed by atoms with Crippen molar-refractivity contribution in [2.75, 3.05) is 13.1 Å². The number of hydrogen-bond acceptors (Lipinski definition) is 2. The number of rotatable bonds is 6. The lowest BCUT2D eigenvalue weighted by atomic mass is 10.0. The van der Waals surface area contributed by atoms with E-state index in [1.165, 1.54) is 24.0 Å². The lowest BCUT2D eigenvalue weighted by Crippen LogP contribution is -2.32. The molecule has 0 radical (unpaired) electrons. The predicted molar refractivity (Wildman–Crippen MR) is 80.6 cm³/mol. The Hall–Kier alpha value is -0.380. The van der Waals surface area contributed by atoms with E-state index in [2.05, 4.69) is 53.3 Å². The summed E-state index contributed by atoms with van der Waals surface area (Å²) in [5.41, 5.74) is 8.46. The van der Waals surface area contributed by atoms with Crippen LogP contribution < -0.4 is 11.1 Å². The van der Waals surface area contributed by atoms with Crippen LogP contribution in [0.5, 0.6) is 0 Å². The summed E-state index contributed by atoms with van der Waals surface area (Å²) in [6.45, 7) is 6.18. The third-order valence-electron chi connectivity index (χ3n) is 3.93. The molecule has 100 valence electrons. The molecule has 1 aromatic carbocycles. The maximum absolute atomic E-state index is 5.90. The molecule has 1 saturated carbocycles. The molecule has 1 fully saturated rings. The zero-order chi connectivity index (χ0) is 13.1. The fourth-order valence-corrected chi connectivity index (χ4v) is 2.63. The Labute approximate surface area is 118 Å². The summed E-state index contributed by atoms with van der Waals surface area (Å²) >= 11 is 3.54. The van der Waals surface area contributed by atoms with Gasteiger partial charge in [-0.3, -0.25) is 0 Å². The van der Waals surface area contributed by atoms with Crippen LogP contribution in [0.2, 0.25) is 0 Å². The Morgan fingerprint density at radius 2 is 2.17 bits per heavy atom. The Kier molecular flexibility index (Phi) is 4.82. The molecule has 18 heavy (non-hydrogen) atoms. The van der Waals surface area contributed by atoms with Gasteiger partial charge in [0.1, 0.15) is 0 Å². The average molecular weight is 311 g/mol. The van der Waals surface area contributed by atoms with Crippen molar-refractivity contribution in [3.8, 4) is 0 Å². The summed E-state index contributed by atoms with van der Waals surface area (Å²) in [5, 5.41) is 3.61. The number of halogens is 1. The largest absolute Gasteiger partial charge is 0.329 e. The van der Waals surface area contributed by atoms with E-state index in [9.17, 15) is 0 Å². The fraction of sp³-hybridized carbons (Fsp3) is 0.600. The molecule has 2 atom stereocenters. The van der Waals surface area contributed by atoms with Crippen molar-refractivity contribution in [1.29, 1.82) is 0 Å². The van der Waals surface area contributed by atoms with Crippen molar-refractivity contribution in [1.82, 2.24) is 5.32 Å². The summed E-state index contributed by atoms with van der Waals surface area (Å²) in [4.78, 5) is 0. The van der Waals surface area contributed by atoms with Crippen LogP contribution in [-0.4, -0.2) is 13.1 Å². The van der Waals surface area contributed by atoms with Crippen LogP contribution in [0.4, 0.5) is 0 Å². The number of nitrogens with one attached hydrogen (secondary N) is 1. The van der Waals surface area contributed by atoms with E-state index in [1.54, 1.807) is 0 Å². The summed E-state index contributed by atoms with van der Waals surface area (Å²) in [6.07, 6.45) is 2.82. The van der Waals surface area contributed by atoms with Gasteiger partial charge in [-0.2, -0.15) is 0 Å². The van der Waals surface area contributed by atoms with Gasteiger partial charge in [0.15, 0.2) is 0 Å². The first-order valence-electron chi connectivity index (χ1n) is 6.81. The number of aryl methyl sites for hydroxylation is 1. The molecule has 3 N–H and O–H groups in total. The minimum absolute atomic E-state index is 0.276. The van der Waals surface area contributed by atoms with E-state index in [-0.39, 0.29) is 6.04 Å². The van der Waals surface area contributed by atoms with Crippen LogP contribution in [0.25, 0.3) is 0 Å². The van der Waals surface area contributed by atoms with Crippen molar-refractivity contribution in [2.45, 2.75) is 32.7 Å². The molecular weight excluding hydrogens is 288 g/mol. The average Bonchev–Trinajstić information content (AvgIpc) is 3.18. The molecule has 1 aromatic rings. The van der Waals surface area contributed by atoms with Gasteiger partial charge in [-0.15, -0.1) is 0 Å². The van der Waals surface area contributed by atoms with Gasteiger partial charge in [0.2, 0.25) is 0 Å². The van der Waals surface area contributed by atoms with E-state index in [0.29, 0.717) is 6.54 Å². The first-order valence-corrected chi connectivity index (χ1v) is 7.60. The zero-order valence-electron chi connectivity index (χ0n) is 11.2. The molecule has 1 aliphatic rings. The Bertz CT molecular complexity index is 401. The molecule has 0 heterocycles. The number of nitrogens with two attached hydrogens (primary N) is 1. The van der Waals surface area contributed by atoms with Gasteiger partial charge in [0.05, 0.1) is 0 Å². The van der Waals surface area contributed by atoms with Gasteiger partial charge in [-0.1, -0.05) is 35.0 Å². The molecule has 1 aliphatic carbocycles. The highest BCUT2D eigenvalue weighted by atomic mass is 79.9. The highest BCUT2D eigenvalue weighted by Crippen LogP contribution is 2.36. The molecule has 0 amide bonds. The van der Waals surface area contributed by atoms with Gasteiger partial charge in [-0.05, 0) is 55.3 Å². The molecule has 0 spiro atoms. The van der Waals surface area contributed by atoms with Crippen LogP contribution in [0, 0.1) is 18.8 Å². The molecule has 2 unspecified atom stereocenters. The normalized spacial score (nSPS) is 18.7. The molecule has 2 nitrogen and oxygen atoms in total. The van der Waals surface area contributed by atoms with E-state index in [1.807, 2.05) is 0 Å². The molecule has 0 aliphatic heterocycles. The highest BCUT2D eigenvalue weighted by molar-refractivity contribution is 9.10. The third-order valence-corrected chi connectivity index (χ3v) is 4.82. The minimum Gasteiger partial charge on any atom is -0.329 e. The van der Waals surface area contributed by atoms with E-state index < -0.39 is 0 Å². The molecular formula is C15H23BrN2. The first kappa shape index (κ1) is 14.0. The second kappa shape index (κ2) is 6.18. The van der Waals surface area contributed by atoms with Crippen LogP contribution in [0.1, 0.15) is 36.9 Å². The topological polar surface area (TPSA) is 38.0 Å². The van der Waals surface area contributed by atoms with Gasteiger partial charge in [0.25, 0.3) is 0 Å². The summed E-state index contributed by atoms with van der Waals surface area (Å²) < 4.78 is 1.16. The van der Waals surface area contributed by atoms with Crippen molar-refractivity contribution in [3.63, 3.8) is 0 Å². The Balaban J connectivity index is 1.96. The summed E-state index contributed by atoms with van der Waals surface area (Å²) in [7, 11) is 0. The van der Waals surface area contributed by atoms with Crippen molar-refractivity contribution < 1.29 is 0 Å². The standard InChI is InChI=1S/C15H23BrN2/c1-10-7-13(5-6-14(10)16)15(8-17)18-9-11(2)12-3-4-12/h5-7,11-12,15,18H,3-4,8-9,17H2,1-2H3. The number of benzene rings is 1. The highest BCUT2D eigenvalue weighted by Gasteiger charge is 2.27. The molecule has 2 rings (SSSR count). The maximum Gasteiger partial charge on any atom is 0.0444 e. The zero-order valence-corrected chi connectivity index (χ0v) is 12.8. The van der Waals surface area contributed by atoms with Gasteiger partial charge in [0, 0.05) is 17.1 Å². The van der Waals surface area contributed by atoms with Crippen LogP contribution in [-0.2, 0) is 0 Å². The van der Waals surface area contributed by atoms with Gasteiger partial charge in [-0.25, -0.2) is 0 Å². The van der Waals surface area contributed by atoms with Crippen molar-refractivity contribution in [3.05, 3.63) is 33.8 Å². The van der Waals surface area contributed by atoms with Crippen molar-refractivity contribution >= 4 is 15.9 Å². The Morgan fingerprint density at radius 3 is 2.72 bits per heavy atom. The van der Waals surface area contributed by atoms with Crippen LogP contribution in [0.15, 0.2) is 22.7 Å². The fourth-order valence-electron chi connectivity index (χ4n) is 2.38. The molecule has 0 saturated heterocycles. The monoisotopic (exact) mass is 310 g/mol. The van der Waals surface area contributed by atoms with Gasteiger partial charge < -0.3 is 11.1 Å². The lowest BCUT2D eigenvalue weighted by Gasteiger charge is -2.21. The van der Waals surface area contributed by atoms with E-state index >= 15 is 0 Å². The molecule has 0 bridgehead atoms. The SMILES string of the molecule is Cc1cc(C(CN)NCC(C)C2CC2)ccc1Br. The predicted octanol–water partition coefficient (Wildman–Crippen LogP) is 3.39. The van der Waals surface area contributed by atoms with Gasteiger partial charge >= 0.3 is 0 Å². The van der Waals surface area contributed by atoms with Crippen molar-refractivity contribution in [2.24, 2.45) is 17.6 Å². The summed E-state index contributed by atoms with van der Waals surface area (Å²) in [6, 6.07) is 6.76.